The number of methoxy groups -OCH3 is 1. The number of amides is 2. The number of allylic oxidation sites excluding steroid dienone is 1. The van der Waals surface area contributed by atoms with E-state index in [4.69, 9.17) is 4.74 Å². The first-order valence-corrected chi connectivity index (χ1v) is 6.76. The molecule has 2 rings (SSSR count). The third-order valence-corrected chi connectivity index (χ3v) is 3.64. The van der Waals surface area contributed by atoms with Crippen molar-refractivity contribution >= 4 is 6.03 Å². The molecule has 1 atom stereocenters. The Balaban J connectivity index is 2.47. The van der Waals surface area contributed by atoms with Crippen LogP contribution in [0.2, 0.25) is 0 Å². The zero-order valence-electron chi connectivity index (χ0n) is 12.3. The van der Waals surface area contributed by atoms with Crippen molar-refractivity contribution < 1.29 is 19.7 Å². The Hall–Kier alpha value is -2.05. The number of nitrogens with one attached hydrogen (secondary N) is 2. The molecule has 1 aliphatic heterocycles. The summed E-state index contributed by atoms with van der Waals surface area (Å²) in [6, 6.07) is 6.13. The van der Waals surface area contributed by atoms with Gasteiger partial charge in [0.05, 0.1) is 13.2 Å². The fourth-order valence-corrected chi connectivity index (χ4v) is 2.46. The molecule has 114 valence electrons. The molecule has 1 heterocycles. The largest absolute Gasteiger partial charge is 0.497 e. The van der Waals surface area contributed by atoms with Gasteiger partial charge in [0.15, 0.2) is 5.79 Å². The van der Waals surface area contributed by atoms with Crippen molar-refractivity contribution in [2.45, 2.75) is 32.1 Å². The quantitative estimate of drug-likeness (QED) is 0.632. The smallest absolute Gasteiger partial charge is 0.319 e. The fourth-order valence-electron chi connectivity index (χ4n) is 2.46. The van der Waals surface area contributed by atoms with E-state index in [1.807, 2.05) is 0 Å². The molecule has 6 nitrogen and oxygen atoms in total. The summed E-state index contributed by atoms with van der Waals surface area (Å²) < 4.78 is 5.10. The van der Waals surface area contributed by atoms with Crippen LogP contribution < -0.4 is 15.4 Å². The van der Waals surface area contributed by atoms with Gasteiger partial charge in [0.25, 0.3) is 0 Å². The number of ether oxygens (including phenoxy) is 1. The predicted octanol–water partition coefficient (Wildman–Crippen LogP) is 1.41. The minimum atomic E-state index is -1.99. The van der Waals surface area contributed by atoms with E-state index in [0.717, 1.165) is 5.56 Å². The summed E-state index contributed by atoms with van der Waals surface area (Å²) in [5, 5.41) is 25.7. The highest BCUT2D eigenvalue weighted by atomic mass is 16.5. The van der Waals surface area contributed by atoms with Crippen molar-refractivity contribution in [1.82, 2.24) is 10.6 Å². The maximum atomic E-state index is 11.7. The van der Waals surface area contributed by atoms with Crippen LogP contribution in [0.5, 0.6) is 5.75 Å². The Morgan fingerprint density at radius 2 is 1.90 bits per heavy atom. The summed E-state index contributed by atoms with van der Waals surface area (Å²) in [5.74, 6) is -1.30. The van der Waals surface area contributed by atoms with Gasteiger partial charge in [-0.25, -0.2) is 4.79 Å². The molecule has 0 radical (unpaired) electrons. The lowest BCUT2D eigenvalue weighted by Gasteiger charge is -2.36. The standard InChI is InChI=1S/C15H20N2O4/c1-4-15(19,20)12-9(2)16-14(18)17-13(12)10-5-7-11(21-3)8-6-10/h5-8,13,19-20H,4H2,1-3H3,(H2,16,17,18)/t13-/m0/s1. The highest BCUT2D eigenvalue weighted by Crippen LogP contribution is 2.35. The monoisotopic (exact) mass is 292 g/mol. The third-order valence-electron chi connectivity index (χ3n) is 3.64. The first-order valence-electron chi connectivity index (χ1n) is 6.76. The molecular formula is C15H20N2O4. The summed E-state index contributed by atoms with van der Waals surface area (Å²) in [7, 11) is 1.57. The van der Waals surface area contributed by atoms with Crippen LogP contribution >= 0.6 is 0 Å². The van der Waals surface area contributed by atoms with Gasteiger partial charge in [-0.15, -0.1) is 0 Å². The minimum Gasteiger partial charge on any atom is -0.497 e. The topological polar surface area (TPSA) is 90.8 Å². The molecule has 0 saturated heterocycles. The molecule has 4 N–H and O–H groups in total. The first kappa shape index (κ1) is 15.3. The van der Waals surface area contributed by atoms with Crippen LogP contribution in [-0.2, 0) is 0 Å². The maximum absolute atomic E-state index is 11.7. The van der Waals surface area contributed by atoms with E-state index < -0.39 is 11.8 Å². The zero-order chi connectivity index (χ0) is 15.6. The molecule has 2 amide bonds. The number of carbonyl (C=O) groups is 1. The second-order valence-electron chi connectivity index (χ2n) is 5.01. The number of urea groups is 1. The number of hydrogen-bond acceptors (Lipinski definition) is 4. The van der Waals surface area contributed by atoms with Crippen LogP contribution in [0.15, 0.2) is 35.5 Å². The van der Waals surface area contributed by atoms with E-state index in [0.29, 0.717) is 17.0 Å². The Kier molecular flexibility index (Phi) is 4.20. The normalized spacial score (nSPS) is 19.1. The average molecular weight is 292 g/mol. The summed E-state index contributed by atoms with van der Waals surface area (Å²) in [6.07, 6.45) is 0.115. The van der Waals surface area contributed by atoms with Crippen LogP contribution in [0.25, 0.3) is 0 Å². The lowest BCUT2D eigenvalue weighted by atomic mass is 9.88. The van der Waals surface area contributed by atoms with Crippen molar-refractivity contribution in [3.05, 3.63) is 41.1 Å². The number of hydrogen-bond donors (Lipinski definition) is 4. The maximum Gasteiger partial charge on any atom is 0.319 e. The number of aliphatic hydroxyl groups is 2. The van der Waals surface area contributed by atoms with E-state index in [2.05, 4.69) is 10.6 Å². The molecule has 0 fully saturated rings. The van der Waals surface area contributed by atoms with Gasteiger partial charge in [-0.05, 0) is 24.6 Å². The molecule has 1 aliphatic rings. The van der Waals surface area contributed by atoms with Crippen molar-refractivity contribution in [1.29, 1.82) is 0 Å². The summed E-state index contributed by atoms with van der Waals surface area (Å²) >= 11 is 0. The molecule has 0 saturated carbocycles. The van der Waals surface area contributed by atoms with Gasteiger partial charge >= 0.3 is 6.03 Å². The summed E-state index contributed by atoms with van der Waals surface area (Å²) in [5.41, 5.74) is 1.54. The molecule has 0 aliphatic carbocycles. The highest BCUT2D eigenvalue weighted by molar-refractivity contribution is 5.79. The first-order chi connectivity index (χ1) is 9.89. The van der Waals surface area contributed by atoms with E-state index in [-0.39, 0.29) is 12.5 Å². The third kappa shape index (κ3) is 3.01. The molecule has 21 heavy (non-hydrogen) atoms. The molecule has 1 aromatic carbocycles. The van der Waals surface area contributed by atoms with Gasteiger partial charge < -0.3 is 25.6 Å². The fraction of sp³-hybridized carbons (Fsp3) is 0.400. The lowest BCUT2D eigenvalue weighted by Crippen LogP contribution is -2.49. The van der Waals surface area contributed by atoms with Crippen molar-refractivity contribution in [2.75, 3.05) is 7.11 Å². The number of carbonyl (C=O) groups excluding carboxylic acids is 1. The van der Waals surface area contributed by atoms with Gasteiger partial charge in [-0.3, -0.25) is 0 Å². The zero-order valence-corrected chi connectivity index (χ0v) is 12.3. The van der Waals surface area contributed by atoms with E-state index in [9.17, 15) is 15.0 Å². The van der Waals surface area contributed by atoms with E-state index in [1.54, 1.807) is 45.2 Å². The highest BCUT2D eigenvalue weighted by Gasteiger charge is 2.38. The van der Waals surface area contributed by atoms with Gasteiger partial charge in [-0.1, -0.05) is 19.1 Å². The molecule has 0 spiro atoms. The van der Waals surface area contributed by atoms with Crippen LogP contribution in [0, 0.1) is 0 Å². The van der Waals surface area contributed by atoms with Crippen molar-refractivity contribution in [2.24, 2.45) is 0 Å². The second-order valence-corrected chi connectivity index (χ2v) is 5.01. The van der Waals surface area contributed by atoms with Crippen molar-refractivity contribution in [3.8, 4) is 5.75 Å². The van der Waals surface area contributed by atoms with Crippen LogP contribution in [0.3, 0.4) is 0 Å². The van der Waals surface area contributed by atoms with Gasteiger partial charge in [0.2, 0.25) is 0 Å². The average Bonchev–Trinajstić information content (AvgIpc) is 2.46. The molecule has 1 aromatic rings. The van der Waals surface area contributed by atoms with Gasteiger partial charge in [0.1, 0.15) is 5.75 Å². The Morgan fingerprint density at radius 3 is 2.43 bits per heavy atom. The predicted molar refractivity (Wildman–Crippen MR) is 77.6 cm³/mol. The Bertz CT molecular complexity index is 564. The van der Waals surface area contributed by atoms with E-state index in [1.165, 1.54) is 0 Å². The number of benzene rings is 1. The summed E-state index contributed by atoms with van der Waals surface area (Å²) in [6.45, 7) is 3.32. The van der Waals surface area contributed by atoms with Gasteiger partial charge in [0, 0.05) is 17.7 Å². The van der Waals surface area contributed by atoms with Crippen LogP contribution in [0.4, 0.5) is 4.79 Å². The Labute approximate surface area is 123 Å². The molecule has 6 heteroatoms. The van der Waals surface area contributed by atoms with Gasteiger partial charge in [-0.2, -0.15) is 0 Å². The molecule has 0 unspecified atom stereocenters. The summed E-state index contributed by atoms with van der Waals surface area (Å²) in [4.78, 5) is 11.7. The Morgan fingerprint density at radius 1 is 1.29 bits per heavy atom. The molecule has 0 aromatic heterocycles. The van der Waals surface area contributed by atoms with Crippen molar-refractivity contribution in [3.63, 3.8) is 0 Å². The number of rotatable bonds is 4. The second kappa shape index (κ2) is 5.75. The minimum absolute atomic E-state index is 0.115. The molecule has 0 bridgehead atoms. The van der Waals surface area contributed by atoms with Crippen LogP contribution in [0.1, 0.15) is 31.9 Å². The van der Waals surface area contributed by atoms with E-state index >= 15 is 0 Å². The van der Waals surface area contributed by atoms with Crippen LogP contribution in [-0.4, -0.2) is 29.1 Å². The molecular weight excluding hydrogens is 272 g/mol. The SMILES string of the molecule is CCC(O)(O)C1=C(C)NC(=O)N[C@H]1c1ccc(OC)cc1. The lowest BCUT2D eigenvalue weighted by molar-refractivity contribution is -0.135.